The summed E-state index contributed by atoms with van der Waals surface area (Å²) < 4.78 is 5.19. The van der Waals surface area contributed by atoms with Gasteiger partial charge in [-0.3, -0.25) is 4.79 Å². The molecule has 0 aromatic rings. The van der Waals surface area contributed by atoms with Gasteiger partial charge in [0.15, 0.2) is 0 Å². The molecule has 1 heterocycles. The second kappa shape index (κ2) is 7.50. The van der Waals surface area contributed by atoms with Crippen LogP contribution in [0, 0.1) is 0 Å². The molecule has 5 heteroatoms. The first kappa shape index (κ1) is 16.8. The molecular formula is C15H28N2O3. The summed E-state index contributed by atoms with van der Waals surface area (Å²) in [6.07, 6.45) is 4.15. The zero-order valence-corrected chi connectivity index (χ0v) is 13.2. The average molecular weight is 284 g/mol. The molecule has 1 N–H and O–H groups in total. The van der Waals surface area contributed by atoms with E-state index in [2.05, 4.69) is 5.32 Å². The maximum Gasteiger partial charge on any atom is 0.407 e. The van der Waals surface area contributed by atoms with E-state index >= 15 is 0 Å². The number of hydrogen-bond acceptors (Lipinski definition) is 3. The van der Waals surface area contributed by atoms with Crippen LogP contribution in [0.3, 0.4) is 0 Å². The number of hydrogen-bond donors (Lipinski definition) is 1. The average Bonchev–Trinajstić information content (AvgIpc) is 2.34. The Kier molecular flexibility index (Phi) is 6.30. The van der Waals surface area contributed by atoms with Crippen molar-refractivity contribution in [2.24, 2.45) is 0 Å². The first-order chi connectivity index (χ1) is 9.28. The molecule has 1 fully saturated rings. The number of nitrogens with one attached hydrogen (secondary N) is 1. The summed E-state index contributed by atoms with van der Waals surface area (Å²) in [6, 6.07) is -0.0569. The summed E-state index contributed by atoms with van der Waals surface area (Å²) in [6.45, 7) is 9.15. The molecule has 5 nitrogen and oxygen atoms in total. The van der Waals surface area contributed by atoms with Gasteiger partial charge in [0.05, 0.1) is 0 Å². The van der Waals surface area contributed by atoms with Crippen LogP contribution in [0.5, 0.6) is 0 Å². The molecule has 0 radical (unpaired) electrons. The van der Waals surface area contributed by atoms with Gasteiger partial charge in [0.1, 0.15) is 5.60 Å². The van der Waals surface area contributed by atoms with Crippen molar-refractivity contribution < 1.29 is 14.3 Å². The summed E-state index contributed by atoms with van der Waals surface area (Å²) in [5.74, 6) is 0.197. The van der Waals surface area contributed by atoms with Crippen molar-refractivity contribution >= 4 is 12.0 Å². The number of rotatable bonds is 4. The van der Waals surface area contributed by atoms with Crippen molar-refractivity contribution in [3.63, 3.8) is 0 Å². The van der Waals surface area contributed by atoms with E-state index in [1.54, 1.807) is 0 Å². The van der Waals surface area contributed by atoms with E-state index < -0.39 is 11.7 Å². The lowest BCUT2D eigenvalue weighted by Gasteiger charge is -2.27. The van der Waals surface area contributed by atoms with Gasteiger partial charge in [0.25, 0.3) is 0 Å². The highest BCUT2D eigenvalue weighted by Gasteiger charge is 2.20. The van der Waals surface area contributed by atoms with E-state index in [-0.39, 0.29) is 11.9 Å². The summed E-state index contributed by atoms with van der Waals surface area (Å²) in [7, 11) is 0. The quantitative estimate of drug-likeness (QED) is 0.863. The highest BCUT2D eigenvalue weighted by atomic mass is 16.6. The fourth-order valence-electron chi connectivity index (χ4n) is 2.22. The maximum atomic E-state index is 12.0. The number of alkyl carbamates (subject to hydrolysis) is 1. The topological polar surface area (TPSA) is 58.6 Å². The van der Waals surface area contributed by atoms with Crippen LogP contribution in [-0.2, 0) is 9.53 Å². The molecule has 0 aromatic carbocycles. The fraction of sp³-hybridized carbons (Fsp3) is 0.867. The molecule has 2 amide bonds. The third-order valence-corrected chi connectivity index (χ3v) is 3.26. The van der Waals surface area contributed by atoms with Gasteiger partial charge in [-0.1, -0.05) is 0 Å². The van der Waals surface area contributed by atoms with Crippen LogP contribution in [0.2, 0.25) is 0 Å². The summed E-state index contributed by atoms with van der Waals surface area (Å²) in [5.41, 5.74) is -0.493. The molecule has 0 saturated carbocycles. The van der Waals surface area contributed by atoms with Gasteiger partial charge in [-0.15, -0.1) is 0 Å². The molecule has 20 heavy (non-hydrogen) atoms. The van der Waals surface area contributed by atoms with Crippen molar-refractivity contribution in [1.29, 1.82) is 0 Å². The second-order valence-electron chi connectivity index (χ2n) is 6.53. The Bertz CT molecular complexity index is 331. The number of amides is 2. The SMILES string of the molecule is CC(CCC(=O)N1CCCCC1)NC(=O)OC(C)(C)C. The van der Waals surface area contributed by atoms with Gasteiger partial charge in [-0.25, -0.2) is 4.79 Å². The minimum atomic E-state index is -0.493. The van der Waals surface area contributed by atoms with Gasteiger partial charge in [0.2, 0.25) is 5.91 Å². The number of likely N-dealkylation sites (tertiary alicyclic amines) is 1. The van der Waals surface area contributed by atoms with Crippen molar-refractivity contribution in [2.45, 2.75) is 71.4 Å². The monoisotopic (exact) mass is 284 g/mol. The predicted octanol–water partition coefficient (Wildman–Crippen LogP) is 2.69. The largest absolute Gasteiger partial charge is 0.444 e. The normalized spacial score (nSPS) is 17.5. The van der Waals surface area contributed by atoms with Gasteiger partial charge in [-0.05, 0) is 53.4 Å². The van der Waals surface area contributed by atoms with E-state index in [0.717, 1.165) is 25.9 Å². The van der Waals surface area contributed by atoms with Crippen molar-refractivity contribution in [1.82, 2.24) is 10.2 Å². The van der Waals surface area contributed by atoms with Crippen LogP contribution in [0.25, 0.3) is 0 Å². The lowest BCUT2D eigenvalue weighted by molar-refractivity contribution is -0.132. The predicted molar refractivity (Wildman–Crippen MR) is 78.5 cm³/mol. The van der Waals surface area contributed by atoms with Gasteiger partial charge in [-0.2, -0.15) is 0 Å². The maximum absolute atomic E-state index is 12.0. The third-order valence-electron chi connectivity index (χ3n) is 3.26. The number of carbonyl (C=O) groups excluding carboxylic acids is 2. The molecule has 1 aliphatic heterocycles. The number of ether oxygens (including phenoxy) is 1. The molecule has 0 bridgehead atoms. The standard InChI is InChI=1S/C15H28N2O3/c1-12(16-14(19)20-15(2,3)4)8-9-13(18)17-10-6-5-7-11-17/h12H,5-11H2,1-4H3,(H,16,19). The smallest absolute Gasteiger partial charge is 0.407 e. The number of piperidine rings is 1. The Hall–Kier alpha value is -1.26. The molecule has 1 rings (SSSR count). The molecule has 0 aliphatic carbocycles. The van der Waals surface area contributed by atoms with Crippen LogP contribution in [-0.4, -0.2) is 41.6 Å². The number of carbonyl (C=O) groups is 2. The first-order valence-corrected chi connectivity index (χ1v) is 7.55. The van der Waals surface area contributed by atoms with E-state index in [0.29, 0.717) is 12.8 Å². The first-order valence-electron chi connectivity index (χ1n) is 7.55. The molecule has 1 atom stereocenters. The van der Waals surface area contributed by atoms with Gasteiger partial charge < -0.3 is 15.0 Å². The van der Waals surface area contributed by atoms with Crippen LogP contribution < -0.4 is 5.32 Å². The molecule has 1 unspecified atom stereocenters. The zero-order chi connectivity index (χ0) is 15.2. The fourth-order valence-corrected chi connectivity index (χ4v) is 2.22. The van der Waals surface area contributed by atoms with E-state index in [1.165, 1.54) is 6.42 Å². The third kappa shape index (κ3) is 6.78. The van der Waals surface area contributed by atoms with Crippen molar-refractivity contribution in [3.05, 3.63) is 0 Å². The molecule has 0 aromatic heterocycles. The molecule has 1 aliphatic rings. The van der Waals surface area contributed by atoms with E-state index in [1.807, 2.05) is 32.6 Å². The Morgan fingerprint density at radius 3 is 2.35 bits per heavy atom. The second-order valence-corrected chi connectivity index (χ2v) is 6.53. The van der Waals surface area contributed by atoms with E-state index in [4.69, 9.17) is 4.74 Å². The van der Waals surface area contributed by atoms with Crippen LogP contribution >= 0.6 is 0 Å². The summed E-state index contributed by atoms with van der Waals surface area (Å²) in [5, 5.41) is 2.76. The van der Waals surface area contributed by atoms with Gasteiger partial charge >= 0.3 is 6.09 Å². The Morgan fingerprint density at radius 2 is 1.80 bits per heavy atom. The molecule has 116 valence electrons. The van der Waals surface area contributed by atoms with Crippen LogP contribution in [0.15, 0.2) is 0 Å². The van der Waals surface area contributed by atoms with Gasteiger partial charge in [0, 0.05) is 25.6 Å². The van der Waals surface area contributed by atoms with Crippen LogP contribution in [0.1, 0.15) is 59.8 Å². The summed E-state index contributed by atoms with van der Waals surface area (Å²) >= 11 is 0. The lowest BCUT2D eigenvalue weighted by atomic mass is 10.1. The number of nitrogens with zero attached hydrogens (tertiary/aromatic N) is 1. The Balaban J connectivity index is 2.23. The lowest BCUT2D eigenvalue weighted by Crippen LogP contribution is -2.39. The minimum absolute atomic E-state index is 0.0569. The highest BCUT2D eigenvalue weighted by molar-refractivity contribution is 5.76. The summed E-state index contributed by atoms with van der Waals surface area (Å²) in [4.78, 5) is 25.5. The van der Waals surface area contributed by atoms with Crippen LogP contribution in [0.4, 0.5) is 4.79 Å². The minimum Gasteiger partial charge on any atom is -0.444 e. The Labute approximate surface area is 122 Å². The van der Waals surface area contributed by atoms with E-state index in [9.17, 15) is 9.59 Å². The van der Waals surface area contributed by atoms with Crippen molar-refractivity contribution in [2.75, 3.05) is 13.1 Å². The highest BCUT2D eigenvalue weighted by Crippen LogP contribution is 2.12. The molecule has 0 spiro atoms. The Morgan fingerprint density at radius 1 is 1.20 bits per heavy atom. The van der Waals surface area contributed by atoms with Crippen molar-refractivity contribution in [3.8, 4) is 0 Å². The zero-order valence-electron chi connectivity index (χ0n) is 13.2. The molecular weight excluding hydrogens is 256 g/mol. The molecule has 1 saturated heterocycles.